The van der Waals surface area contributed by atoms with Crippen LogP contribution < -0.4 is 24.4 Å². The van der Waals surface area contributed by atoms with Gasteiger partial charge in [0.15, 0.2) is 22.9 Å². The van der Waals surface area contributed by atoms with Crippen LogP contribution in [0.1, 0.15) is 49.3 Å². The molecule has 4 aromatic rings. The highest BCUT2D eigenvalue weighted by Crippen LogP contribution is 2.36. The predicted octanol–water partition coefficient (Wildman–Crippen LogP) is 4.06. The van der Waals surface area contributed by atoms with E-state index >= 15 is 0 Å². The third-order valence-corrected chi connectivity index (χ3v) is 8.73. The zero-order valence-electron chi connectivity index (χ0n) is 27.3. The van der Waals surface area contributed by atoms with E-state index in [9.17, 15) is 24.5 Å². The summed E-state index contributed by atoms with van der Waals surface area (Å²) in [6.07, 6.45) is 1.78. The van der Waals surface area contributed by atoms with E-state index in [4.69, 9.17) is 14.2 Å². The number of hydrogen-bond donors (Lipinski definition) is 0. The zero-order chi connectivity index (χ0) is 34.7. The molecule has 14 heteroatoms. The second kappa shape index (κ2) is 14.1. The van der Waals surface area contributed by atoms with Crippen molar-refractivity contribution >= 4 is 35.0 Å². The number of aromatic nitrogens is 2. The van der Waals surface area contributed by atoms with E-state index in [1.165, 1.54) is 35.1 Å². The number of allylic oxidation sites excluding steroid dienone is 1. The van der Waals surface area contributed by atoms with Crippen LogP contribution in [0.15, 0.2) is 69.6 Å². The fourth-order valence-corrected chi connectivity index (χ4v) is 6.62. The average molecular weight is 675 g/mol. The van der Waals surface area contributed by atoms with Gasteiger partial charge in [0.2, 0.25) is 0 Å². The average Bonchev–Trinajstić information content (AvgIpc) is 3.52. The number of carbonyl (C=O) groups is 2. The lowest BCUT2D eigenvalue weighted by atomic mass is 9.95. The van der Waals surface area contributed by atoms with E-state index in [1.807, 2.05) is 24.5 Å². The first-order chi connectivity index (χ1) is 23.0. The Bertz CT molecular complexity index is 2120. The highest BCUT2D eigenvalue weighted by atomic mass is 32.1. The van der Waals surface area contributed by atoms with Crippen LogP contribution in [0, 0.1) is 24.0 Å². The largest absolute Gasteiger partial charge is 0.490 e. The summed E-state index contributed by atoms with van der Waals surface area (Å²) in [5.74, 6) is -0.559. The van der Waals surface area contributed by atoms with E-state index in [1.54, 1.807) is 57.2 Å². The van der Waals surface area contributed by atoms with Crippen molar-refractivity contribution in [2.45, 2.75) is 40.7 Å². The standard InChI is InChI=1S/C34H34N4O9S/c1-7-45-27-16-22(9-14-26(27)47-18-29(39)44-6)31-30(33(41)46-8-2)20(4)35-34-37(31)32(40)28(48-34)17-23-15-19(3)36(21(23)5)24-10-12-25(13-11-24)38(42)43/h9-17,31H,7-8,18H2,1-6H3/b28-17+/t31-/m0/s1. The Kier molecular flexibility index (Phi) is 9.94. The van der Waals surface area contributed by atoms with Crippen molar-refractivity contribution in [3.05, 3.63) is 112 Å². The van der Waals surface area contributed by atoms with Crippen LogP contribution in [0.25, 0.3) is 11.8 Å². The van der Waals surface area contributed by atoms with Gasteiger partial charge in [-0.2, -0.15) is 0 Å². The molecule has 3 heterocycles. The number of ether oxygens (including phenoxy) is 4. The van der Waals surface area contributed by atoms with Crippen molar-refractivity contribution in [1.29, 1.82) is 0 Å². The van der Waals surface area contributed by atoms with E-state index in [2.05, 4.69) is 9.73 Å². The molecule has 1 aliphatic heterocycles. The molecule has 48 heavy (non-hydrogen) atoms. The topological polar surface area (TPSA) is 153 Å². The fraction of sp³-hybridized carbons (Fsp3) is 0.294. The molecule has 5 rings (SSSR count). The van der Waals surface area contributed by atoms with Crippen LogP contribution in [0.3, 0.4) is 0 Å². The SMILES string of the molecule is CCOC(=O)C1=C(C)N=c2s/c(=C/c3cc(C)n(-c4ccc([N+](=O)[O-])cc4)c3C)c(=O)n2[C@H]1c1ccc(OCC(=O)OC)c(OCC)c1. The third kappa shape index (κ3) is 6.51. The summed E-state index contributed by atoms with van der Waals surface area (Å²) < 4.78 is 25.4. The summed E-state index contributed by atoms with van der Waals surface area (Å²) in [4.78, 5) is 55.1. The Morgan fingerprint density at radius 2 is 1.75 bits per heavy atom. The van der Waals surface area contributed by atoms with Crippen molar-refractivity contribution in [3.63, 3.8) is 0 Å². The molecule has 1 atom stereocenters. The molecule has 0 radical (unpaired) electrons. The Labute approximate surface area is 279 Å². The lowest BCUT2D eigenvalue weighted by Crippen LogP contribution is -2.40. The summed E-state index contributed by atoms with van der Waals surface area (Å²) in [5.41, 5.74) is 4.02. The first-order valence-electron chi connectivity index (χ1n) is 15.1. The number of non-ortho nitro benzene ring substituents is 1. The molecule has 0 bridgehead atoms. The van der Waals surface area contributed by atoms with Crippen LogP contribution >= 0.6 is 11.3 Å². The number of fused-ring (bicyclic) bond motifs is 1. The first kappa shape index (κ1) is 33.9. The van der Waals surface area contributed by atoms with Crippen molar-refractivity contribution < 1.29 is 33.5 Å². The van der Waals surface area contributed by atoms with Gasteiger partial charge in [0.1, 0.15) is 0 Å². The second-order valence-electron chi connectivity index (χ2n) is 10.7. The summed E-state index contributed by atoms with van der Waals surface area (Å²) >= 11 is 1.19. The van der Waals surface area contributed by atoms with Crippen molar-refractivity contribution in [3.8, 4) is 17.2 Å². The molecule has 0 fully saturated rings. The van der Waals surface area contributed by atoms with Gasteiger partial charge in [-0.05, 0) is 82.2 Å². The molecule has 1 aliphatic rings. The van der Waals surface area contributed by atoms with Crippen molar-refractivity contribution in [1.82, 2.24) is 9.13 Å². The highest BCUT2D eigenvalue weighted by Gasteiger charge is 2.34. The Morgan fingerprint density at radius 3 is 2.40 bits per heavy atom. The van der Waals surface area contributed by atoms with Crippen molar-refractivity contribution in [2.75, 3.05) is 26.9 Å². The van der Waals surface area contributed by atoms with Gasteiger partial charge in [0.05, 0.1) is 47.1 Å². The summed E-state index contributed by atoms with van der Waals surface area (Å²) in [6, 6.07) is 12.3. The second-order valence-corrected chi connectivity index (χ2v) is 11.8. The predicted molar refractivity (Wildman–Crippen MR) is 177 cm³/mol. The maximum atomic E-state index is 14.2. The number of benzene rings is 2. The number of aryl methyl sites for hydroxylation is 1. The van der Waals surface area contributed by atoms with Crippen LogP contribution in [0.5, 0.6) is 11.5 Å². The van der Waals surface area contributed by atoms with Crippen LogP contribution in [0.2, 0.25) is 0 Å². The molecule has 0 unspecified atom stereocenters. The minimum absolute atomic E-state index is 0.00804. The van der Waals surface area contributed by atoms with Crippen LogP contribution in [-0.4, -0.2) is 52.9 Å². The quantitative estimate of drug-likeness (QED) is 0.130. The maximum Gasteiger partial charge on any atom is 0.343 e. The van der Waals surface area contributed by atoms with Gasteiger partial charge in [0, 0.05) is 29.2 Å². The maximum absolute atomic E-state index is 14.2. The fourth-order valence-electron chi connectivity index (χ4n) is 5.58. The lowest BCUT2D eigenvalue weighted by Gasteiger charge is -2.25. The highest BCUT2D eigenvalue weighted by molar-refractivity contribution is 7.07. The number of nitro benzene ring substituents is 1. The van der Waals surface area contributed by atoms with E-state index in [0.29, 0.717) is 38.7 Å². The summed E-state index contributed by atoms with van der Waals surface area (Å²) in [7, 11) is 1.26. The molecular weight excluding hydrogens is 640 g/mol. The summed E-state index contributed by atoms with van der Waals surface area (Å²) in [5, 5.41) is 11.1. The van der Waals surface area contributed by atoms with Crippen molar-refractivity contribution in [2.24, 2.45) is 4.99 Å². The number of rotatable bonds is 11. The van der Waals surface area contributed by atoms with Gasteiger partial charge in [-0.15, -0.1) is 0 Å². The van der Waals surface area contributed by atoms with E-state index in [0.717, 1.165) is 22.6 Å². The van der Waals surface area contributed by atoms with Gasteiger partial charge in [-0.25, -0.2) is 14.6 Å². The molecule has 0 N–H and O–H groups in total. The summed E-state index contributed by atoms with van der Waals surface area (Å²) in [6.45, 7) is 9.10. The molecule has 0 spiro atoms. The Morgan fingerprint density at radius 1 is 1.02 bits per heavy atom. The monoisotopic (exact) mass is 674 g/mol. The smallest absolute Gasteiger partial charge is 0.343 e. The Balaban J connectivity index is 1.64. The number of carbonyl (C=O) groups excluding carboxylic acids is 2. The molecular formula is C34H34N4O9S. The molecule has 0 aliphatic carbocycles. The molecule has 0 saturated heterocycles. The normalized spacial score (nSPS) is 14.3. The molecule has 0 amide bonds. The number of thiazole rings is 1. The van der Waals surface area contributed by atoms with Crippen LogP contribution in [0.4, 0.5) is 5.69 Å². The molecule has 2 aromatic carbocycles. The number of esters is 2. The molecule has 250 valence electrons. The van der Waals surface area contributed by atoms with Gasteiger partial charge < -0.3 is 23.5 Å². The van der Waals surface area contributed by atoms with E-state index < -0.39 is 22.9 Å². The molecule has 13 nitrogen and oxygen atoms in total. The third-order valence-electron chi connectivity index (χ3n) is 7.75. The minimum Gasteiger partial charge on any atom is -0.490 e. The minimum atomic E-state index is -0.899. The zero-order valence-corrected chi connectivity index (χ0v) is 28.1. The van der Waals surface area contributed by atoms with Gasteiger partial charge in [0.25, 0.3) is 11.2 Å². The molecule has 2 aromatic heterocycles. The molecule has 0 saturated carbocycles. The van der Waals surface area contributed by atoms with Gasteiger partial charge >= 0.3 is 11.9 Å². The van der Waals surface area contributed by atoms with E-state index in [-0.39, 0.29) is 30.0 Å². The number of methoxy groups -OCH3 is 1. The van der Waals surface area contributed by atoms with Gasteiger partial charge in [-0.1, -0.05) is 17.4 Å². The number of nitro groups is 1. The Hall–Kier alpha value is -5.50. The number of hydrogen-bond acceptors (Lipinski definition) is 11. The van der Waals surface area contributed by atoms with Gasteiger partial charge in [-0.3, -0.25) is 19.5 Å². The lowest BCUT2D eigenvalue weighted by molar-refractivity contribution is -0.384. The van der Waals surface area contributed by atoms with Crippen LogP contribution in [-0.2, 0) is 19.1 Å². The first-order valence-corrected chi connectivity index (χ1v) is 15.9. The number of nitrogens with zero attached hydrogens (tertiary/aromatic N) is 4.